The van der Waals surface area contributed by atoms with Gasteiger partial charge in [-0.2, -0.15) is 0 Å². The van der Waals surface area contributed by atoms with Crippen LogP contribution >= 0.6 is 0 Å². The normalized spacial score (nSPS) is 14.1. The molecule has 0 aliphatic heterocycles. The molecule has 2 atom stereocenters. The Morgan fingerprint density at radius 2 is 2.06 bits per heavy atom. The molecule has 5 heteroatoms. The molecule has 2 unspecified atom stereocenters. The van der Waals surface area contributed by atoms with E-state index in [4.69, 9.17) is 9.29 Å². The Hall–Kier alpha value is -1.20. The lowest BCUT2D eigenvalue weighted by molar-refractivity contribution is -0.145. The van der Waals surface area contributed by atoms with Gasteiger partial charge in [-0.05, 0) is 6.42 Å². The van der Waals surface area contributed by atoms with Crippen molar-refractivity contribution in [3.63, 3.8) is 0 Å². The Morgan fingerprint density at radius 1 is 1.44 bits per heavy atom. The lowest BCUT2D eigenvalue weighted by Gasteiger charge is -2.14. The maximum Gasteiger partial charge on any atom is 0.307 e. The molecule has 1 aromatic rings. The quantitative estimate of drug-likeness (QED) is 0.635. The molecule has 0 radical (unpaired) electrons. The van der Waals surface area contributed by atoms with Crippen LogP contribution in [0.5, 0.6) is 0 Å². The molecule has 0 aliphatic carbocycles. The van der Waals surface area contributed by atoms with Gasteiger partial charge < -0.3 is 9.29 Å². The van der Waals surface area contributed by atoms with Crippen LogP contribution in [0.2, 0.25) is 0 Å². The van der Waals surface area contributed by atoms with E-state index in [1.165, 1.54) is 0 Å². The van der Waals surface area contributed by atoms with E-state index in [2.05, 4.69) is 0 Å². The van der Waals surface area contributed by atoms with Gasteiger partial charge in [0, 0.05) is 12.0 Å². The second-order valence-electron chi connectivity index (χ2n) is 3.26. The predicted molar refractivity (Wildman–Crippen MR) is 61.0 cm³/mol. The number of carbonyl (C=O) groups is 1. The number of hydrogen-bond acceptors (Lipinski definition) is 3. The first-order chi connectivity index (χ1) is 7.65. The molecular weight excluding hydrogens is 228 g/mol. The molecule has 16 heavy (non-hydrogen) atoms. The van der Waals surface area contributed by atoms with Crippen LogP contribution in [0.15, 0.2) is 30.3 Å². The third kappa shape index (κ3) is 3.75. The third-order valence-electron chi connectivity index (χ3n) is 1.95. The second-order valence-corrected chi connectivity index (χ2v) is 4.24. The van der Waals surface area contributed by atoms with Gasteiger partial charge in [-0.1, -0.05) is 37.3 Å². The fourth-order valence-electron chi connectivity index (χ4n) is 1.22. The highest BCUT2D eigenvalue weighted by molar-refractivity contribution is 7.79. The summed E-state index contributed by atoms with van der Waals surface area (Å²) in [7, 11) is 0. The van der Waals surface area contributed by atoms with Crippen LogP contribution in [-0.2, 0) is 20.6 Å². The van der Waals surface area contributed by atoms with E-state index in [0.29, 0.717) is 12.0 Å². The van der Waals surface area contributed by atoms with Crippen LogP contribution in [-0.4, -0.2) is 14.7 Å². The molecule has 88 valence electrons. The van der Waals surface area contributed by atoms with Crippen molar-refractivity contribution in [2.45, 2.75) is 25.2 Å². The molecule has 0 spiro atoms. The molecule has 0 aromatic heterocycles. The first kappa shape index (κ1) is 12.9. The Balaban J connectivity index is 2.77. The van der Waals surface area contributed by atoms with E-state index in [1.54, 1.807) is 30.3 Å². The molecule has 0 bridgehead atoms. The molecule has 0 heterocycles. The fourth-order valence-corrected chi connectivity index (χ4v) is 1.80. The zero-order valence-electron chi connectivity index (χ0n) is 8.96. The van der Waals surface area contributed by atoms with Gasteiger partial charge in [-0.3, -0.25) is 4.79 Å². The monoisotopic (exact) mass is 242 g/mol. The number of carbonyl (C=O) groups excluding carboxylic acids is 1. The fraction of sp³-hybridized carbons (Fsp3) is 0.364. The summed E-state index contributed by atoms with van der Waals surface area (Å²) in [5.74, 6) is -0.459. The van der Waals surface area contributed by atoms with Crippen LogP contribution in [0.1, 0.15) is 30.8 Å². The molecule has 0 aliphatic rings. The van der Waals surface area contributed by atoms with Gasteiger partial charge in [-0.15, -0.1) is 0 Å². The molecule has 0 amide bonds. The molecule has 0 fully saturated rings. The van der Waals surface area contributed by atoms with Crippen LogP contribution in [0.4, 0.5) is 0 Å². The summed E-state index contributed by atoms with van der Waals surface area (Å²) in [4.78, 5) is 11.3. The molecule has 0 saturated carbocycles. The summed E-state index contributed by atoms with van der Waals surface area (Å²) in [6.45, 7) is 1.84. The van der Waals surface area contributed by atoms with Crippen LogP contribution in [0, 0.1) is 0 Å². The Bertz CT molecular complexity index is 364. The Labute approximate surface area is 96.9 Å². The van der Waals surface area contributed by atoms with Crippen molar-refractivity contribution in [3.8, 4) is 0 Å². The average molecular weight is 242 g/mol. The first-order valence-corrected chi connectivity index (χ1v) is 6.16. The number of hydrogen-bond donors (Lipinski definition) is 1. The van der Waals surface area contributed by atoms with E-state index in [0.717, 1.165) is 0 Å². The zero-order valence-corrected chi connectivity index (χ0v) is 9.78. The van der Waals surface area contributed by atoms with Gasteiger partial charge in [0.2, 0.25) is 5.44 Å². The van der Waals surface area contributed by atoms with Gasteiger partial charge in [-0.25, -0.2) is 4.21 Å². The van der Waals surface area contributed by atoms with E-state index < -0.39 is 22.5 Å². The van der Waals surface area contributed by atoms with E-state index >= 15 is 0 Å². The van der Waals surface area contributed by atoms with Crippen molar-refractivity contribution < 1.29 is 18.3 Å². The summed E-state index contributed by atoms with van der Waals surface area (Å²) in [6.07, 6.45) is 0.902. The molecule has 0 saturated heterocycles. The Morgan fingerprint density at radius 3 is 2.56 bits per heavy atom. The number of esters is 1. The standard InChI is InChI=1S/C11H14O4S/c1-2-6-10(12)15-11(16(13)14)9-7-4-3-5-8-9/h3-5,7-8,11H,2,6H2,1H3,(H,13,14). The van der Waals surface area contributed by atoms with Crippen molar-refractivity contribution in [1.29, 1.82) is 0 Å². The molecule has 1 aromatic carbocycles. The van der Waals surface area contributed by atoms with Gasteiger partial charge in [0.1, 0.15) is 0 Å². The third-order valence-corrected chi connectivity index (χ3v) is 2.68. The van der Waals surface area contributed by atoms with Crippen molar-refractivity contribution >= 4 is 17.0 Å². The molecule has 1 rings (SSSR count). The zero-order chi connectivity index (χ0) is 12.0. The topological polar surface area (TPSA) is 63.6 Å². The van der Waals surface area contributed by atoms with Crippen molar-refractivity contribution in [2.75, 3.05) is 0 Å². The summed E-state index contributed by atoms with van der Waals surface area (Å²) in [5, 5.41) is 0. The lowest BCUT2D eigenvalue weighted by Crippen LogP contribution is -2.15. The highest BCUT2D eigenvalue weighted by atomic mass is 32.2. The first-order valence-electron chi connectivity index (χ1n) is 4.99. The highest BCUT2D eigenvalue weighted by Gasteiger charge is 2.21. The minimum Gasteiger partial charge on any atom is -0.441 e. The maximum atomic E-state index is 11.3. The highest BCUT2D eigenvalue weighted by Crippen LogP contribution is 2.20. The van der Waals surface area contributed by atoms with Gasteiger partial charge in [0.15, 0.2) is 11.1 Å². The minimum absolute atomic E-state index is 0.251. The summed E-state index contributed by atoms with van der Waals surface area (Å²) >= 11 is -2.22. The molecule has 1 N–H and O–H groups in total. The number of ether oxygens (including phenoxy) is 1. The van der Waals surface area contributed by atoms with E-state index in [1.807, 2.05) is 6.92 Å². The van der Waals surface area contributed by atoms with E-state index in [-0.39, 0.29) is 6.42 Å². The number of benzene rings is 1. The van der Waals surface area contributed by atoms with Crippen LogP contribution in [0.25, 0.3) is 0 Å². The van der Waals surface area contributed by atoms with Crippen LogP contribution in [0.3, 0.4) is 0 Å². The average Bonchev–Trinajstić information content (AvgIpc) is 2.27. The van der Waals surface area contributed by atoms with Gasteiger partial charge >= 0.3 is 5.97 Å². The van der Waals surface area contributed by atoms with Crippen molar-refractivity contribution in [2.24, 2.45) is 0 Å². The van der Waals surface area contributed by atoms with E-state index in [9.17, 15) is 9.00 Å². The summed E-state index contributed by atoms with van der Waals surface area (Å²) < 4.78 is 25.1. The van der Waals surface area contributed by atoms with Gasteiger partial charge in [0.05, 0.1) is 0 Å². The summed E-state index contributed by atoms with van der Waals surface area (Å²) in [6, 6.07) is 8.54. The minimum atomic E-state index is -2.22. The second kappa shape index (κ2) is 6.40. The molecule has 4 nitrogen and oxygen atoms in total. The SMILES string of the molecule is CCCC(=O)OC(c1ccccc1)S(=O)O. The van der Waals surface area contributed by atoms with Crippen molar-refractivity contribution in [1.82, 2.24) is 0 Å². The smallest absolute Gasteiger partial charge is 0.307 e. The predicted octanol–water partition coefficient (Wildman–Crippen LogP) is 2.25. The Kier molecular flexibility index (Phi) is 5.14. The van der Waals surface area contributed by atoms with Crippen LogP contribution < -0.4 is 0 Å². The lowest BCUT2D eigenvalue weighted by atomic mass is 10.2. The summed E-state index contributed by atoms with van der Waals surface area (Å²) in [5.41, 5.74) is -0.576. The maximum absolute atomic E-state index is 11.3. The van der Waals surface area contributed by atoms with Crippen molar-refractivity contribution in [3.05, 3.63) is 35.9 Å². The van der Waals surface area contributed by atoms with Gasteiger partial charge in [0.25, 0.3) is 0 Å². The largest absolute Gasteiger partial charge is 0.441 e. The number of rotatable bonds is 5. The molecular formula is C11H14O4S.